The SMILES string of the molecule is NC1=NC2(c3cccc(NC=O)c3)CC2CCS1. The fraction of sp³-hybridized carbons (Fsp3) is 0.385. The first-order valence-corrected chi connectivity index (χ1v) is 7.02. The number of hydrogen-bond acceptors (Lipinski definition) is 4. The van der Waals surface area contributed by atoms with E-state index in [0.717, 1.165) is 29.8 Å². The Morgan fingerprint density at radius 2 is 2.44 bits per heavy atom. The number of amidine groups is 1. The van der Waals surface area contributed by atoms with E-state index in [4.69, 9.17) is 10.7 Å². The number of carbonyl (C=O) groups excluding carboxylic acids is 1. The molecule has 0 saturated heterocycles. The molecular weight excluding hydrogens is 246 g/mol. The van der Waals surface area contributed by atoms with Crippen molar-refractivity contribution in [2.45, 2.75) is 18.4 Å². The molecule has 94 valence electrons. The van der Waals surface area contributed by atoms with Crippen molar-refractivity contribution in [3.8, 4) is 0 Å². The molecule has 1 aliphatic carbocycles. The lowest BCUT2D eigenvalue weighted by Crippen LogP contribution is -2.13. The molecule has 2 aliphatic rings. The molecule has 1 heterocycles. The third-order valence-electron chi connectivity index (χ3n) is 3.69. The Morgan fingerprint density at radius 3 is 3.28 bits per heavy atom. The van der Waals surface area contributed by atoms with Crippen molar-refractivity contribution in [3.05, 3.63) is 29.8 Å². The first-order chi connectivity index (χ1) is 8.74. The summed E-state index contributed by atoms with van der Waals surface area (Å²) in [6, 6.07) is 7.91. The van der Waals surface area contributed by atoms with Crippen molar-refractivity contribution in [1.82, 2.24) is 0 Å². The van der Waals surface area contributed by atoms with Crippen molar-refractivity contribution >= 4 is 29.0 Å². The molecule has 1 fully saturated rings. The van der Waals surface area contributed by atoms with Crippen molar-refractivity contribution in [2.75, 3.05) is 11.1 Å². The number of carbonyl (C=O) groups is 1. The van der Waals surface area contributed by atoms with E-state index in [0.29, 0.717) is 17.5 Å². The summed E-state index contributed by atoms with van der Waals surface area (Å²) in [5, 5.41) is 3.37. The fourth-order valence-electron chi connectivity index (χ4n) is 2.69. The topological polar surface area (TPSA) is 67.5 Å². The minimum Gasteiger partial charge on any atom is -0.379 e. The maximum atomic E-state index is 10.5. The Labute approximate surface area is 110 Å². The second kappa shape index (κ2) is 4.31. The Morgan fingerprint density at radius 1 is 1.56 bits per heavy atom. The normalized spacial score (nSPS) is 29.8. The summed E-state index contributed by atoms with van der Waals surface area (Å²) in [6.07, 6.45) is 2.92. The third kappa shape index (κ3) is 1.88. The number of benzene rings is 1. The molecule has 1 aromatic carbocycles. The highest BCUT2D eigenvalue weighted by Gasteiger charge is 2.56. The highest BCUT2D eigenvalue weighted by molar-refractivity contribution is 8.13. The van der Waals surface area contributed by atoms with Gasteiger partial charge in [-0.25, -0.2) is 0 Å². The van der Waals surface area contributed by atoms with Gasteiger partial charge >= 0.3 is 0 Å². The van der Waals surface area contributed by atoms with Gasteiger partial charge in [-0.1, -0.05) is 23.9 Å². The highest BCUT2D eigenvalue weighted by Crippen LogP contribution is 2.59. The Bertz CT molecular complexity index is 517. The third-order valence-corrected chi connectivity index (χ3v) is 4.51. The van der Waals surface area contributed by atoms with Crippen LogP contribution in [-0.4, -0.2) is 17.3 Å². The monoisotopic (exact) mass is 261 g/mol. The van der Waals surface area contributed by atoms with E-state index in [9.17, 15) is 4.79 Å². The van der Waals surface area contributed by atoms with E-state index in [2.05, 4.69) is 11.4 Å². The van der Waals surface area contributed by atoms with Gasteiger partial charge in [0.2, 0.25) is 6.41 Å². The lowest BCUT2D eigenvalue weighted by atomic mass is 10.0. The number of nitrogens with zero attached hydrogens (tertiary/aromatic N) is 1. The molecule has 0 radical (unpaired) electrons. The number of fused-ring (bicyclic) bond motifs is 1. The number of nitrogens with one attached hydrogen (secondary N) is 1. The molecule has 5 heteroatoms. The molecule has 1 amide bonds. The largest absolute Gasteiger partial charge is 0.379 e. The standard InChI is InChI=1S/C13H15N3OS/c14-12-16-13(7-10(13)4-5-18-12)9-2-1-3-11(6-9)15-8-17/h1-3,6,8,10H,4-5,7H2,(H2,14,16)(H,15,17). The summed E-state index contributed by atoms with van der Waals surface area (Å²) in [5.41, 5.74) is 7.75. The van der Waals surface area contributed by atoms with E-state index in [1.54, 1.807) is 11.8 Å². The van der Waals surface area contributed by atoms with Crippen LogP contribution in [0.1, 0.15) is 18.4 Å². The quantitative estimate of drug-likeness (QED) is 0.817. The van der Waals surface area contributed by atoms with Crippen LogP contribution < -0.4 is 11.1 Å². The van der Waals surface area contributed by atoms with Gasteiger partial charge in [-0.15, -0.1) is 0 Å². The first kappa shape index (κ1) is 11.6. The number of amides is 1. The van der Waals surface area contributed by atoms with E-state index in [-0.39, 0.29) is 5.54 Å². The zero-order valence-corrected chi connectivity index (χ0v) is 10.7. The van der Waals surface area contributed by atoms with Crippen LogP contribution in [0.25, 0.3) is 0 Å². The maximum absolute atomic E-state index is 10.5. The molecule has 1 aromatic rings. The first-order valence-electron chi connectivity index (χ1n) is 6.03. The second-order valence-electron chi connectivity index (χ2n) is 4.76. The fourth-order valence-corrected chi connectivity index (χ4v) is 3.53. The molecule has 0 bridgehead atoms. The summed E-state index contributed by atoms with van der Waals surface area (Å²) >= 11 is 1.64. The van der Waals surface area contributed by atoms with Gasteiger partial charge in [0.25, 0.3) is 0 Å². The van der Waals surface area contributed by atoms with Crippen molar-refractivity contribution in [3.63, 3.8) is 0 Å². The van der Waals surface area contributed by atoms with Crippen molar-refractivity contribution < 1.29 is 4.79 Å². The molecule has 2 atom stereocenters. The smallest absolute Gasteiger partial charge is 0.211 e. The Hall–Kier alpha value is -1.49. The number of anilines is 1. The van der Waals surface area contributed by atoms with Gasteiger partial charge in [0, 0.05) is 11.4 Å². The zero-order valence-electron chi connectivity index (χ0n) is 9.93. The summed E-state index contributed by atoms with van der Waals surface area (Å²) in [6.45, 7) is 0. The van der Waals surface area contributed by atoms with Gasteiger partial charge in [0.15, 0.2) is 5.17 Å². The molecule has 0 spiro atoms. The number of aliphatic imine (C=N–C) groups is 1. The molecule has 18 heavy (non-hydrogen) atoms. The lowest BCUT2D eigenvalue weighted by molar-refractivity contribution is -0.105. The van der Waals surface area contributed by atoms with E-state index >= 15 is 0 Å². The predicted octanol–water partition coefficient (Wildman–Crippen LogP) is 1.92. The molecule has 2 unspecified atom stereocenters. The summed E-state index contributed by atoms with van der Waals surface area (Å²) in [5.74, 6) is 1.64. The van der Waals surface area contributed by atoms with Gasteiger partial charge in [0.1, 0.15) is 0 Å². The predicted molar refractivity (Wildman–Crippen MR) is 74.6 cm³/mol. The molecule has 1 saturated carbocycles. The average Bonchev–Trinajstić information content (AvgIpc) is 3.05. The minimum atomic E-state index is -0.131. The van der Waals surface area contributed by atoms with Crippen molar-refractivity contribution in [2.24, 2.45) is 16.6 Å². The summed E-state index contributed by atoms with van der Waals surface area (Å²) < 4.78 is 0. The van der Waals surface area contributed by atoms with Crippen LogP contribution in [0.3, 0.4) is 0 Å². The van der Waals surface area contributed by atoms with Crippen LogP contribution >= 0.6 is 11.8 Å². The molecular formula is C13H15N3OS. The van der Waals surface area contributed by atoms with E-state index in [1.165, 1.54) is 0 Å². The van der Waals surface area contributed by atoms with Crippen LogP contribution in [-0.2, 0) is 10.3 Å². The highest BCUT2D eigenvalue weighted by atomic mass is 32.2. The van der Waals surface area contributed by atoms with Crippen LogP contribution in [0.15, 0.2) is 29.3 Å². The zero-order chi connectivity index (χ0) is 12.6. The lowest BCUT2D eigenvalue weighted by Gasteiger charge is -2.13. The molecule has 1 aliphatic heterocycles. The van der Waals surface area contributed by atoms with Crippen molar-refractivity contribution in [1.29, 1.82) is 0 Å². The van der Waals surface area contributed by atoms with Gasteiger partial charge in [-0.2, -0.15) is 0 Å². The number of nitrogens with two attached hydrogens (primary N) is 1. The number of thioether (sulfide) groups is 1. The van der Waals surface area contributed by atoms with E-state index in [1.807, 2.05) is 18.2 Å². The van der Waals surface area contributed by atoms with Gasteiger partial charge in [0.05, 0.1) is 5.54 Å². The van der Waals surface area contributed by atoms with E-state index < -0.39 is 0 Å². The minimum absolute atomic E-state index is 0.131. The molecule has 4 nitrogen and oxygen atoms in total. The van der Waals surface area contributed by atoms with Crippen LogP contribution in [0, 0.1) is 5.92 Å². The summed E-state index contributed by atoms with van der Waals surface area (Å²) in [7, 11) is 0. The molecule has 3 N–H and O–H groups in total. The Kier molecular flexibility index (Phi) is 2.78. The van der Waals surface area contributed by atoms with Crippen LogP contribution in [0.5, 0.6) is 0 Å². The number of rotatable bonds is 3. The van der Waals surface area contributed by atoms with Gasteiger partial charge in [-0.05, 0) is 36.5 Å². The van der Waals surface area contributed by atoms with Gasteiger partial charge in [-0.3, -0.25) is 9.79 Å². The Balaban J connectivity index is 1.96. The maximum Gasteiger partial charge on any atom is 0.211 e. The van der Waals surface area contributed by atoms with Crippen LogP contribution in [0.4, 0.5) is 5.69 Å². The molecule has 0 aromatic heterocycles. The average molecular weight is 261 g/mol. The molecule has 3 rings (SSSR count). The van der Waals surface area contributed by atoms with Crippen LogP contribution in [0.2, 0.25) is 0 Å². The van der Waals surface area contributed by atoms with Gasteiger partial charge < -0.3 is 11.1 Å². The number of hydrogen-bond donors (Lipinski definition) is 2. The second-order valence-corrected chi connectivity index (χ2v) is 5.87. The summed E-state index contributed by atoms with van der Waals surface area (Å²) in [4.78, 5) is 15.2.